The number of rotatable bonds is 6. The van der Waals surface area contributed by atoms with Crippen LogP contribution in [0.25, 0.3) is 0 Å². The van der Waals surface area contributed by atoms with Gasteiger partial charge in [0.25, 0.3) is 0 Å². The zero-order chi connectivity index (χ0) is 27.7. The lowest BCUT2D eigenvalue weighted by Gasteiger charge is -2.26. The molecule has 0 aliphatic carbocycles. The highest BCUT2D eigenvalue weighted by atomic mass is 16.5. The summed E-state index contributed by atoms with van der Waals surface area (Å²) in [6, 6.07) is 14.2. The van der Waals surface area contributed by atoms with Gasteiger partial charge in [-0.05, 0) is 67.1 Å². The zero-order valence-electron chi connectivity index (χ0n) is 23.7. The molecule has 8 heteroatoms. The molecule has 0 atom stereocenters. The molecular weight excluding hydrogens is 504 g/mol. The second-order valence-electron chi connectivity index (χ2n) is 10.6. The van der Waals surface area contributed by atoms with Gasteiger partial charge in [-0.2, -0.15) is 0 Å². The number of aromatic nitrogens is 2. The van der Waals surface area contributed by atoms with Gasteiger partial charge in [0.05, 0.1) is 26.2 Å². The molecule has 1 saturated heterocycles. The standard InChI is InChI=1S/C32H40N4O4/c1-24-6-5-7-25(2)28(24)22-32(37)36-12-3-4-16-39-23-27-20-26(21-30-33-11-10-31(36)34-30)8-9-29(27)40-19-15-35-13-17-38-18-14-35/h5-11,20H,3-4,12-19,21-23H2,1-2H3. The Morgan fingerprint density at radius 3 is 2.62 bits per heavy atom. The van der Waals surface area contributed by atoms with E-state index in [1.807, 2.05) is 23.1 Å². The highest BCUT2D eigenvalue weighted by molar-refractivity contribution is 5.94. The monoisotopic (exact) mass is 544 g/mol. The molecule has 1 fully saturated rings. The molecule has 0 radical (unpaired) electrons. The lowest BCUT2D eigenvalue weighted by atomic mass is 9.99. The van der Waals surface area contributed by atoms with Gasteiger partial charge >= 0.3 is 0 Å². The zero-order valence-corrected chi connectivity index (χ0v) is 23.7. The fourth-order valence-electron chi connectivity index (χ4n) is 5.31. The van der Waals surface area contributed by atoms with Gasteiger partial charge in [0, 0.05) is 51.0 Å². The predicted molar refractivity (Wildman–Crippen MR) is 155 cm³/mol. The molecule has 0 unspecified atom stereocenters. The first-order valence-electron chi connectivity index (χ1n) is 14.4. The van der Waals surface area contributed by atoms with E-state index in [0.717, 1.165) is 79.3 Å². The van der Waals surface area contributed by atoms with Crippen molar-refractivity contribution in [3.05, 3.63) is 82.3 Å². The normalized spacial score (nSPS) is 16.8. The SMILES string of the molecule is Cc1cccc(C)c1CC(=O)N1CCCCOCc2cc(ccc2OCCN2CCOCC2)Cc2nccc1n2. The summed E-state index contributed by atoms with van der Waals surface area (Å²) in [5.74, 6) is 2.26. The van der Waals surface area contributed by atoms with E-state index in [9.17, 15) is 4.79 Å². The van der Waals surface area contributed by atoms with Crippen LogP contribution in [0, 0.1) is 13.8 Å². The molecule has 2 aromatic carbocycles. The number of carbonyl (C=O) groups excluding carboxylic acids is 1. The van der Waals surface area contributed by atoms with Crippen molar-refractivity contribution in [2.75, 3.05) is 57.5 Å². The van der Waals surface area contributed by atoms with Gasteiger partial charge in [-0.15, -0.1) is 0 Å². The van der Waals surface area contributed by atoms with Crippen LogP contribution in [0.15, 0.2) is 48.7 Å². The topological polar surface area (TPSA) is 77.0 Å². The number of anilines is 1. The number of benzene rings is 2. The van der Waals surface area contributed by atoms with Gasteiger partial charge < -0.3 is 14.2 Å². The molecule has 2 aliphatic rings. The average Bonchev–Trinajstić information content (AvgIpc) is 2.96. The Labute approximate surface area is 237 Å². The molecule has 3 aromatic rings. The maximum absolute atomic E-state index is 13.6. The minimum atomic E-state index is 0.0518. The molecule has 3 heterocycles. The van der Waals surface area contributed by atoms with Crippen molar-refractivity contribution in [1.82, 2.24) is 14.9 Å². The van der Waals surface area contributed by atoms with Gasteiger partial charge in [0.2, 0.25) is 5.91 Å². The van der Waals surface area contributed by atoms with Crippen LogP contribution in [0.2, 0.25) is 0 Å². The number of hydrogen-bond acceptors (Lipinski definition) is 7. The van der Waals surface area contributed by atoms with Crippen molar-refractivity contribution in [2.24, 2.45) is 0 Å². The van der Waals surface area contributed by atoms with Crippen LogP contribution in [0.3, 0.4) is 0 Å². The Balaban J connectivity index is 1.32. The summed E-state index contributed by atoms with van der Waals surface area (Å²) in [5, 5.41) is 0. The fourth-order valence-corrected chi connectivity index (χ4v) is 5.31. The number of carbonyl (C=O) groups is 1. The summed E-state index contributed by atoms with van der Waals surface area (Å²) in [5.41, 5.74) is 5.48. The van der Waals surface area contributed by atoms with E-state index in [-0.39, 0.29) is 5.91 Å². The van der Waals surface area contributed by atoms with Crippen molar-refractivity contribution in [3.8, 4) is 5.75 Å². The van der Waals surface area contributed by atoms with Crippen LogP contribution in [0.1, 0.15) is 46.5 Å². The number of fused-ring (bicyclic) bond motifs is 4. The summed E-state index contributed by atoms with van der Waals surface area (Å²) in [4.78, 5) is 27.2. The maximum Gasteiger partial charge on any atom is 0.232 e. The highest BCUT2D eigenvalue weighted by Gasteiger charge is 2.20. The summed E-state index contributed by atoms with van der Waals surface area (Å²) in [6.45, 7) is 10.8. The minimum Gasteiger partial charge on any atom is -0.492 e. The predicted octanol–water partition coefficient (Wildman–Crippen LogP) is 4.28. The van der Waals surface area contributed by atoms with Crippen LogP contribution in [-0.4, -0.2) is 73.4 Å². The van der Waals surface area contributed by atoms with Crippen molar-refractivity contribution < 1.29 is 19.0 Å². The first kappa shape index (κ1) is 28.2. The molecule has 1 aromatic heterocycles. The van der Waals surface area contributed by atoms with Crippen LogP contribution in [0.5, 0.6) is 5.75 Å². The van der Waals surface area contributed by atoms with Crippen molar-refractivity contribution >= 4 is 11.7 Å². The van der Waals surface area contributed by atoms with E-state index in [1.54, 1.807) is 6.20 Å². The highest BCUT2D eigenvalue weighted by Crippen LogP contribution is 2.24. The third kappa shape index (κ3) is 7.44. The van der Waals surface area contributed by atoms with E-state index in [4.69, 9.17) is 19.2 Å². The quantitative estimate of drug-likeness (QED) is 0.458. The molecule has 0 N–H and O–H groups in total. The van der Waals surface area contributed by atoms with E-state index in [0.29, 0.717) is 50.8 Å². The summed E-state index contributed by atoms with van der Waals surface area (Å²) in [6.07, 6.45) is 4.34. The summed E-state index contributed by atoms with van der Waals surface area (Å²) in [7, 11) is 0. The average molecular weight is 545 g/mol. The van der Waals surface area contributed by atoms with E-state index in [2.05, 4.69) is 48.0 Å². The van der Waals surface area contributed by atoms with E-state index >= 15 is 0 Å². The second-order valence-corrected chi connectivity index (χ2v) is 10.6. The molecule has 212 valence electrons. The fraction of sp³-hybridized carbons (Fsp3) is 0.469. The van der Waals surface area contributed by atoms with Gasteiger partial charge in [0.1, 0.15) is 24.0 Å². The summed E-state index contributed by atoms with van der Waals surface area (Å²) < 4.78 is 17.7. The molecule has 2 aliphatic heterocycles. The Morgan fingerprint density at radius 1 is 0.975 bits per heavy atom. The van der Waals surface area contributed by atoms with Gasteiger partial charge in [-0.25, -0.2) is 9.97 Å². The molecule has 0 saturated carbocycles. The van der Waals surface area contributed by atoms with Crippen molar-refractivity contribution in [3.63, 3.8) is 0 Å². The van der Waals surface area contributed by atoms with E-state index in [1.165, 1.54) is 0 Å². The second kappa shape index (κ2) is 13.8. The third-order valence-corrected chi connectivity index (χ3v) is 7.67. The van der Waals surface area contributed by atoms with Crippen LogP contribution < -0.4 is 9.64 Å². The largest absolute Gasteiger partial charge is 0.492 e. The van der Waals surface area contributed by atoms with Gasteiger partial charge in [-0.1, -0.05) is 24.3 Å². The first-order valence-corrected chi connectivity index (χ1v) is 14.4. The Bertz CT molecular complexity index is 1270. The number of nitrogens with zero attached hydrogens (tertiary/aromatic N) is 4. The maximum atomic E-state index is 13.6. The molecule has 4 bridgehead atoms. The van der Waals surface area contributed by atoms with Crippen LogP contribution in [0.4, 0.5) is 5.82 Å². The Morgan fingerprint density at radius 2 is 1.80 bits per heavy atom. The molecule has 5 rings (SSSR count). The smallest absolute Gasteiger partial charge is 0.232 e. The first-order chi connectivity index (χ1) is 19.6. The van der Waals surface area contributed by atoms with Crippen LogP contribution >= 0.6 is 0 Å². The number of hydrogen-bond donors (Lipinski definition) is 0. The number of ether oxygens (including phenoxy) is 3. The molecular formula is C32H40N4O4. The van der Waals surface area contributed by atoms with Gasteiger partial charge in [0.15, 0.2) is 0 Å². The third-order valence-electron chi connectivity index (χ3n) is 7.67. The Hall–Kier alpha value is -3.33. The number of morpholine rings is 1. The van der Waals surface area contributed by atoms with E-state index < -0.39 is 0 Å². The molecule has 1 amide bonds. The minimum absolute atomic E-state index is 0.0518. The van der Waals surface area contributed by atoms with Crippen LogP contribution in [-0.2, 0) is 33.7 Å². The molecule has 40 heavy (non-hydrogen) atoms. The number of amides is 1. The summed E-state index contributed by atoms with van der Waals surface area (Å²) >= 11 is 0. The molecule has 8 nitrogen and oxygen atoms in total. The molecule has 0 spiro atoms. The number of aryl methyl sites for hydroxylation is 2. The van der Waals surface area contributed by atoms with Crippen molar-refractivity contribution in [1.29, 1.82) is 0 Å². The van der Waals surface area contributed by atoms with Gasteiger partial charge in [-0.3, -0.25) is 14.6 Å². The lowest BCUT2D eigenvalue weighted by molar-refractivity contribution is -0.118. The Kier molecular flexibility index (Phi) is 9.76. The van der Waals surface area contributed by atoms with Crippen molar-refractivity contribution in [2.45, 2.75) is 46.1 Å². The lowest BCUT2D eigenvalue weighted by Crippen LogP contribution is -2.38.